The Morgan fingerprint density at radius 1 is 0.893 bits per heavy atom. The van der Waals surface area contributed by atoms with Gasteiger partial charge in [0, 0.05) is 40.9 Å². The standard InChI is InChI=1S/C22H21NO5/c1-5-28-19-10-16-13-9-21(27-4)20(26-3)6-12(13)11-23(2)22(16)15-8-18(25)17(24)7-14(15)19/h6-11,25H,5H2,1-4H3. The van der Waals surface area contributed by atoms with Gasteiger partial charge in [-0.05, 0) is 36.6 Å². The van der Waals surface area contributed by atoms with Gasteiger partial charge in [-0.3, -0.25) is 4.79 Å². The van der Waals surface area contributed by atoms with Crippen LogP contribution < -0.4 is 19.6 Å². The van der Waals surface area contributed by atoms with E-state index < -0.39 is 5.43 Å². The zero-order valence-corrected chi connectivity index (χ0v) is 16.2. The first-order chi connectivity index (χ1) is 13.5. The maximum Gasteiger partial charge on any atom is 0.220 e. The summed E-state index contributed by atoms with van der Waals surface area (Å²) < 4.78 is 18.7. The highest BCUT2D eigenvalue weighted by Crippen LogP contribution is 2.40. The first-order valence-electron chi connectivity index (χ1n) is 8.96. The van der Waals surface area contributed by atoms with E-state index in [1.54, 1.807) is 14.2 Å². The van der Waals surface area contributed by atoms with Gasteiger partial charge >= 0.3 is 0 Å². The van der Waals surface area contributed by atoms with Crippen LogP contribution in [0.1, 0.15) is 6.92 Å². The van der Waals surface area contributed by atoms with Crippen molar-refractivity contribution in [2.45, 2.75) is 6.92 Å². The van der Waals surface area contributed by atoms with Gasteiger partial charge in [0.1, 0.15) is 5.75 Å². The Bertz CT molecular complexity index is 1290. The first-order valence-corrected chi connectivity index (χ1v) is 8.96. The van der Waals surface area contributed by atoms with Crippen LogP contribution in [-0.4, -0.2) is 30.5 Å². The number of aryl methyl sites for hydroxylation is 1. The van der Waals surface area contributed by atoms with E-state index in [9.17, 15) is 9.90 Å². The molecular weight excluding hydrogens is 358 g/mol. The van der Waals surface area contributed by atoms with E-state index >= 15 is 0 Å². The molecule has 0 radical (unpaired) electrons. The lowest BCUT2D eigenvalue weighted by Gasteiger charge is -2.17. The zero-order valence-electron chi connectivity index (χ0n) is 16.2. The normalized spacial score (nSPS) is 11.3. The summed E-state index contributed by atoms with van der Waals surface area (Å²) in [6.45, 7) is 2.36. The van der Waals surface area contributed by atoms with Crippen LogP contribution in [0.4, 0.5) is 0 Å². The number of ether oxygens (including phenoxy) is 3. The van der Waals surface area contributed by atoms with Crippen molar-refractivity contribution in [3.8, 4) is 23.0 Å². The van der Waals surface area contributed by atoms with Gasteiger partial charge < -0.3 is 23.9 Å². The van der Waals surface area contributed by atoms with Crippen LogP contribution in [0.5, 0.6) is 23.0 Å². The molecule has 0 aliphatic carbocycles. The molecule has 3 aromatic carbocycles. The molecule has 6 nitrogen and oxygen atoms in total. The van der Waals surface area contributed by atoms with Gasteiger partial charge in [-0.15, -0.1) is 0 Å². The molecule has 0 saturated heterocycles. The Labute approximate surface area is 161 Å². The smallest absolute Gasteiger partial charge is 0.220 e. The van der Waals surface area contributed by atoms with E-state index in [1.807, 2.05) is 42.9 Å². The summed E-state index contributed by atoms with van der Waals surface area (Å²) >= 11 is 0. The molecule has 0 spiro atoms. The van der Waals surface area contributed by atoms with Gasteiger partial charge in [0.15, 0.2) is 17.2 Å². The third-order valence-corrected chi connectivity index (χ3v) is 4.98. The highest BCUT2D eigenvalue weighted by atomic mass is 16.5. The Balaban J connectivity index is 2.25. The second kappa shape index (κ2) is 6.64. The monoisotopic (exact) mass is 379 g/mol. The molecule has 0 atom stereocenters. The predicted molar refractivity (Wildman–Crippen MR) is 110 cm³/mol. The predicted octanol–water partition coefficient (Wildman–Crippen LogP) is 3.97. The average Bonchev–Trinajstić information content (AvgIpc) is 2.68. The van der Waals surface area contributed by atoms with Gasteiger partial charge in [0.25, 0.3) is 0 Å². The summed E-state index contributed by atoms with van der Waals surface area (Å²) in [5.41, 5.74) is 0.455. The quantitative estimate of drug-likeness (QED) is 0.544. The third kappa shape index (κ3) is 2.60. The summed E-state index contributed by atoms with van der Waals surface area (Å²) in [4.78, 5) is 12.0. The van der Waals surface area contributed by atoms with Crippen LogP contribution in [0.25, 0.3) is 32.4 Å². The van der Waals surface area contributed by atoms with Crippen molar-refractivity contribution in [2.75, 3.05) is 20.8 Å². The number of benzene rings is 3. The molecule has 0 unspecified atom stereocenters. The highest BCUT2D eigenvalue weighted by Gasteiger charge is 2.16. The van der Waals surface area contributed by atoms with Crippen LogP contribution in [0.2, 0.25) is 0 Å². The molecular formula is C22H21NO5. The molecule has 144 valence electrons. The molecule has 6 heteroatoms. The number of hydrogen-bond donors (Lipinski definition) is 1. The summed E-state index contributed by atoms with van der Waals surface area (Å²) in [6.07, 6.45) is 1.99. The number of aromatic hydroxyl groups is 1. The molecule has 0 aliphatic heterocycles. The van der Waals surface area contributed by atoms with Gasteiger partial charge in [0.05, 0.1) is 26.3 Å². The molecule has 1 heterocycles. The highest BCUT2D eigenvalue weighted by molar-refractivity contribution is 6.17. The fraction of sp³-hybridized carbons (Fsp3) is 0.227. The molecule has 0 bridgehead atoms. The van der Waals surface area contributed by atoms with Crippen LogP contribution in [0, 0.1) is 0 Å². The first kappa shape index (κ1) is 18.0. The van der Waals surface area contributed by atoms with E-state index in [2.05, 4.69) is 0 Å². The lowest BCUT2D eigenvalue weighted by Crippen LogP contribution is -2.03. The lowest BCUT2D eigenvalue weighted by molar-refractivity contribution is 0.344. The van der Waals surface area contributed by atoms with Gasteiger partial charge in [-0.1, -0.05) is 0 Å². The SMILES string of the molecule is CCOc1cc2c3cc(OC)c(OC)cc3cn(C)c2c2cc(O)c(=O)cc12. The minimum absolute atomic E-state index is 0.283. The molecule has 0 aliphatic rings. The van der Waals surface area contributed by atoms with E-state index in [0.29, 0.717) is 29.2 Å². The number of aromatic nitrogens is 1. The topological polar surface area (TPSA) is 69.9 Å². The van der Waals surface area contributed by atoms with Crippen molar-refractivity contribution in [1.82, 2.24) is 4.57 Å². The Hall–Kier alpha value is -3.41. The summed E-state index contributed by atoms with van der Waals surface area (Å²) in [7, 11) is 5.14. The maximum atomic E-state index is 12.0. The lowest BCUT2D eigenvalue weighted by atomic mass is 9.99. The number of fused-ring (bicyclic) bond motifs is 5. The van der Waals surface area contributed by atoms with Gasteiger partial charge in [-0.2, -0.15) is 0 Å². The number of hydrogen-bond acceptors (Lipinski definition) is 5. The van der Waals surface area contributed by atoms with E-state index in [1.165, 1.54) is 12.1 Å². The number of phenolic OH excluding ortho intramolecular Hbond substituents is 1. The number of methoxy groups -OCH3 is 2. The zero-order chi connectivity index (χ0) is 20.0. The van der Waals surface area contributed by atoms with Crippen molar-refractivity contribution in [3.05, 3.63) is 46.8 Å². The maximum absolute atomic E-state index is 12.0. The van der Waals surface area contributed by atoms with Crippen LogP contribution >= 0.6 is 0 Å². The molecule has 28 heavy (non-hydrogen) atoms. The Kier molecular flexibility index (Phi) is 4.26. The van der Waals surface area contributed by atoms with Crippen molar-refractivity contribution >= 4 is 32.4 Å². The number of rotatable bonds is 4. The number of pyridine rings is 1. The fourth-order valence-electron chi connectivity index (χ4n) is 3.76. The van der Waals surface area contributed by atoms with Crippen LogP contribution in [-0.2, 0) is 7.05 Å². The minimum atomic E-state index is -0.428. The molecule has 4 aromatic rings. The summed E-state index contributed by atoms with van der Waals surface area (Å²) in [6, 6.07) is 8.73. The van der Waals surface area contributed by atoms with Gasteiger partial charge in [-0.25, -0.2) is 0 Å². The van der Waals surface area contributed by atoms with Gasteiger partial charge in [0.2, 0.25) is 5.43 Å². The van der Waals surface area contributed by atoms with E-state index in [-0.39, 0.29) is 5.75 Å². The summed E-state index contributed by atoms with van der Waals surface area (Å²) in [5, 5.41) is 14.3. The van der Waals surface area contributed by atoms with Crippen molar-refractivity contribution in [1.29, 1.82) is 0 Å². The van der Waals surface area contributed by atoms with Crippen LogP contribution in [0.3, 0.4) is 0 Å². The van der Waals surface area contributed by atoms with E-state index in [4.69, 9.17) is 14.2 Å². The third-order valence-electron chi connectivity index (χ3n) is 4.98. The second-order valence-corrected chi connectivity index (χ2v) is 6.60. The molecule has 4 rings (SSSR count). The number of phenols is 1. The largest absolute Gasteiger partial charge is 0.504 e. The van der Waals surface area contributed by atoms with Crippen molar-refractivity contribution in [2.24, 2.45) is 7.05 Å². The molecule has 1 aromatic heterocycles. The van der Waals surface area contributed by atoms with E-state index in [0.717, 1.165) is 27.1 Å². The molecule has 0 amide bonds. The molecule has 0 saturated carbocycles. The van der Waals surface area contributed by atoms with Crippen molar-refractivity contribution in [3.63, 3.8) is 0 Å². The Morgan fingerprint density at radius 2 is 1.54 bits per heavy atom. The fourth-order valence-corrected chi connectivity index (χ4v) is 3.76. The minimum Gasteiger partial charge on any atom is -0.504 e. The van der Waals surface area contributed by atoms with Crippen molar-refractivity contribution < 1.29 is 19.3 Å². The molecule has 1 N–H and O–H groups in total. The second-order valence-electron chi connectivity index (χ2n) is 6.60. The van der Waals surface area contributed by atoms with Crippen LogP contribution in [0.15, 0.2) is 41.3 Å². The average molecular weight is 379 g/mol. The summed E-state index contributed by atoms with van der Waals surface area (Å²) in [5.74, 6) is 1.59. The number of nitrogens with zero attached hydrogens (tertiary/aromatic N) is 1. The Morgan fingerprint density at radius 3 is 2.21 bits per heavy atom. The molecule has 0 fully saturated rings.